The van der Waals surface area contributed by atoms with Crippen LogP contribution in [-0.2, 0) is 4.74 Å². The van der Waals surface area contributed by atoms with E-state index in [1.165, 1.54) is 6.08 Å². The molecule has 0 aliphatic heterocycles. The molecule has 0 saturated carbocycles. The maximum absolute atomic E-state index is 9.13. The summed E-state index contributed by atoms with van der Waals surface area (Å²) in [5.41, 5.74) is -0.261. The van der Waals surface area contributed by atoms with Gasteiger partial charge in [0.15, 0.2) is 5.88 Å². The van der Waals surface area contributed by atoms with Crippen LogP contribution >= 0.6 is 0 Å². The maximum atomic E-state index is 9.13. The SMILES string of the molecule is C=C[C@@H](O)CNC(=C)OC(C)(C)C. The predicted molar refractivity (Wildman–Crippen MR) is 54.2 cm³/mol. The highest BCUT2D eigenvalue weighted by Gasteiger charge is 2.12. The zero-order valence-electron chi connectivity index (χ0n) is 8.63. The molecule has 0 rings (SSSR count). The molecule has 0 heterocycles. The van der Waals surface area contributed by atoms with Crippen LogP contribution in [0.15, 0.2) is 25.1 Å². The summed E-state index contributed by atoms with van der Waals surface area (Å²) in [6.07, 6.45) is 0.887. The normalized spacial score (nSPS) is 13.2. The Morgan fingerprint density at radius 2 is 2.15 bits per heavy atom. The summed E-state index contributed by atoms with van der Waals surface area (Å²) in [6, 6.07) is 0. The molecule has 76 valence electrons. The van der Waals surface area contributed by atoms with Crippen LogP contribution in [0.4, 0.5) is 0 Å². The summed E-state index contributed by atoms with van der Waals surface area (Å²) in [7, 11) is 0. The zero-order chi connectivity index (χ0) is 10.5. The fourth-order valence-electron chi connectivity index (χ4n) is 0.707. The molecule has 0 aliphatic rings. The third-order valence-corrected chi connectivity index (χ3v) is 1.21. The Hall–Kier alpha value is -0.960. The lowest BCUT2D eigenvalue weighted by Gasteiger charge is -2.23. The average Bonchev–Trinajstić information content (AvgIpc) is 1.97. The van der Waals surface area contributed by atoms with Gasteiger partial charge in [0.25, 0.3) is 0 Å². The molecule has 13 heavy (non-hydrogen) atoms. The number of hydrogen-bond donors (Lipinski definition) is 2. The van der Waals surface area contributed by atoms with Crippen LogP contribution < -0.4 is 5.32 Å². The van der Waals surface area contributed by atoms with Gasteiger partial charge < -0.3 is 15.2 Å². The quantitative estimate of drug-likeness (QED) is 0.502. The Morgan fingerprint density at radius 1 is 1.62 bits per heavy atom. The standard InChI is InChI=1S/C10H19NO2/c1-6-9(12)7-11-8(2)13-10(3,4)5/h6,9,11-12H,1-2,7H2,3-5H3/t9-/m1/s1. The number of hydrogen-bond acceptors (Lipinski definition) is 3. The van der Waals surface area contributed by atoms with E-state index >= 15 is 0 Å². The van der Waals surface area contributed by atoms with Gasteiger partial charge in [-0.2, -0.15) is 0 Å². The molecule has 0 aromatic rings. The molecule has 3 nitrogen and oxygen atoms in total. The van der Waals surface area contributed by atoms with E-state index in [4.69, 9.17) is 9.84 Å². The van der Waals surface area contributed by atoms with E-state index in [0.717, 1.165) is 0 Å². The van der Waals surface area contributed by atoms with Crippen molar-refractivity contribution in [3.63, 3.8) is 0 Å². The van der Waals surface area contributed by atoms with Gasteiger partial charge in [-0.1, -0.05) is 6.08 Å². The van der Waals surface area contributed by atoms with Gasteiger partial charge in [-0.15, -0.1) is 6.58 Å². The summed E-state index contributed by atoms with van der Waals surface area (Å²) in [5.74, 6) is 0.466. The molecule has 0 aromatic heterocycles. The molecule has 0 amide bonds. The first-order valence-electron chi connectivity index (χ1n) is 4.27. The Labute approximate surface area is 80.1 Å². The van der Waals surface area contributed by atoms with Crippen LogP contribution in [0.1, 0.15) is 20.8 Å². The highest BCUT2D eigenvalue weighted by molar-refractivity contribution is 4.87. The highest BCUT2D eigenvalue weighted by atomic mass is 16.5. The highest BCUT2D eigenvalue weighted by Crippen LogP contribution is 2.09. The second-order valence-electron chi connectivity index (χ2n) is 3.82. The van der Waals surface area contributed by atoms with Crippen molar-refractivity contribution in [2.45, 2.75) is 32.5 Å². The van der Waals surface area contributed by atoms with Crippen molar-refractivity contribution in [1.29, 1.82) is 0 Å². The lowest BCUT2D eigenvalue weighted by molar-refractivity contribution is 0.0388. The first-order valence-corrected chi connectivity index (χ1v) is 4.27. The predicted octanol–water partition coefficient (Wildman–Crippen LogP) is 1.41. The molecule has 0 bridgehead atoms. The topological polar surface area (TPSA) is 41.5 Å². The largest absolute Gasteiger partial charge is 0.474 e. The van der Waals surface area contributed by atoms with Crippen molar-refractivity contribution in [2.75, 3.05) is 6.54 Å². The van der Waals surface area contributed by atoms with Crippen molar-refractivity contribution in [2.24, 2.45) is 0 Å². The molecule has 0 aliphatic carbocycles. The number of aliphatic hydroxyl groups is 1. The Bertz CT molecular complexity index is 182. The fourth-order valence-corrected chi connectivity index (χ4v) is 0.707. The molecule has 2 N–H and O–H groups in total. The van der Waals surface area contributed by atoms with Gasteiger partial charge in [0.2, 0.25) is 0 Å². The molecular formula is C10H19NO2. The van der Waals surface area contributed by atoms with Crippen LogP contribution in [0.25, 0.3) is 0 Å². The molecular weight excluding hydrogens is 166 g/mol. The molecule has 0 saturated heterocycles. The van der Waals surface area contributed by atoms with Gasteiger partial charge in [-0.3, -0.25) is 0 Å². The van der Waals surface area contributed by atoms with E-state index in [-0.39, 0.29) is 5.60 Å². The number of ether oxygens (including phenoxy) is 1. The van der Waals surface area contributed by atoms with Crippen molar-refractivity contribution < 1.29 is 9.84 Å². The summed E-state index contributed by atoms with van der Waals surface area (Å²) in [6.45, 7) is 13.3. The van der Waals surface area contributed by atoms with Gasteiger partial charge in [0.1, 0.15) is 5.60 Å². The molecule has 1 atom stereocenters. The second kappa shape index (κ2) is 4.92. The van der Waals surface area contributed by atoms with E-state index in [9.17, 15) is 0 Å². The lowest BCUT2D eigenvalue weighted by Crippen LogP contribution is -2.29. The second-order valence-corrected chi connectivity index (χ2v) is 3.82. The van der Waals surface area contributed by atoms with E-state index in [1.807, 2.05) is 20.8 Å². The minimum Gasteiger partial charge on any atom is -0.474 e. The summed E-state index contributed by atoms with van der Waals surface area (Å²) in [4.78, 5) is 0. The first-order chi connectivity index (χ1) is 5.85. The molecule has 0 spiro atoms. The molecule has 0 unspecified atom stereocenters. The first kappa shape index (κ1) is 12.0. The van der Waals surface area contributed by atoms with E-state index in [1.54, 1.807) is 0 Å². The van der Waals surface area contributed by atoms with Crippen LogP contribution in [0.3, 0.4) is 0 Å². The Kier molecular flexibility index (Phi) is 4.56. The van der Waals surface area contributed by atoms with Gasteiger partial charge in [0, 0.05) is 6.54 Å². The smallest absolute Gasteiger partial charge is 0.179 e. The van der Waals surface area contributed by atoms with Gasteiger partial charge in [-0.25, -0.2) is 0 Å². The average molecular weight is 185 g/mol. The van der Waals surface area contributed by atoms with Gasteiger partial charge >= 0.3 is 0 Å². The van der Waals surface area contributed by atoms with E-state index < -0.39 is 6.10 Å². The van der Waals surface area contributed by atoms with Crippen molar-refractivity contribution in [3.05, 3.63) is 25.1 Å². The monoisotopic (exact) mass is 185 g/mol. The van der Waals surface area contributed by atoms with Crippen LogP contribution in [0, 0.1) is 0 Å². The molecule has 0 radical (unpaired) electrons. The van der Waals surface area contributed by atoms with E-state index in [2.05, 4.69) is 18.5 Å². The zero-order valence-corrected chi connectivity index (χ0v) is 8.63. The van der Waals surface area contributed by atoms with Crippen molar-refractivity contribution in [3.8, 4) is 0 Å². The Morgan fingerprint density at radius 3 is 2.54 bits per heavy atom. The van der Waals surface area contributed by atoms with Crippen LogP contribution in [-0.4, -0.2) is 23.4 Å². The summed E-state index contributed by atoms with van der Waals surface area (Å²) >= 11 is 0. The maximum Gasteiger partial charge on any atom is 0.179 e. The molecule has 0 aromatic carbocycles. The minimum absolute atomic E-state index is 0.261. The number of rotatable bonds is 5. The van der Waals surface area contributed by atoms with Crippen molar-refractivity contribution >= 4 is 0 Å². The van der Waals surface area contributed by atoms with Crippen LogP contribution in [0.5, 0.6) is 0 Å². The molecule has 3 heteroatoms. The summed E-state index contributed by atoms with van der Waals surface area (Å²) in [5, 5.41) is 12.0. The van der Waals surface area contributed by atoms with E-state index in [0.29, 0.717) is 12.4 Å². The van der Waals surface area contributed by atoms with Gasteiger partial charge in [-0.05, 0) is 27.4 Å². The third kappa shape index (κ3) is 7.40. The Balaban J connectivity index is 3.70. The van der Waals surface area contributed by atoms with Crippen LogP contribution in [0.2, 0.25) is 0 Å². The lowest BCUT2D eigenvalue weighted by atomic mass is 10.2. The van der Waals surface area contributed by atoms with Crippen molar-refractivity contribution in [1.82, 2.24) is 5.32 Å². The number of nitrogens with one attached hydrogen (secondary N) is 1. The molecule has 0 fully saturated rings. The minimum atomic E-state index is -0.569. The number of aliphatic hydroxyl groups excluding tert-OH is 1. The fraction of sp³-hybridized carbons (Fsp3) is 0.600. The van der Waals surface area contributed by atoms with Gasteiger partial charge in [0.05, 0.1) is 6.10 Å². The third-order valence-electron chi connectivity index (χ3n) is 1.21. The summed E-state index contributed by atoms with van der Waals surface area (Å²) < 4.78 is 5.38.